The Bertz CT molecular complexity index is 270. The van der Waals surface area contributed by atoms with Crippen molar-refractivity contribution in [3.63, 3.8) is 0 Å². The van der Waals surface area contributed by atoms with Gasteiger partial charge in [0.15, 0.2) is 0 Å². The SMILES string of the molecule is CC1(C)CCCC(C)(C)C(=N/N)/C1=N\N. The molecule has 1 fully saturated rings. The van der Waals surface area contributed by atoms with Crippen LogP contribution in [0.2, 0.25) is 0 Å². The summed E-state index contributed by atoms with van der Waals surface area (Å²) in [4.78, 5) is 0. The van der Waals surface area contributed by atoms with Crippen LogP contribution in [0, 0.1) is 10.8 Å². The third-order valence-electron chi connectivity index (χ3n) is 3.37. The topological polar surface area (TPSA) is 76.8 Å². The van der Waals surface area contributed by atoms with Crippen molar-refractivity contribution in [2.45, 2.75) is 47.0 Å². The first kappa shape index (κ1) is 12.0. The van der Waals surface area contributed by atoms with E-state index in [-0.39, 0.29) is 10.8 Å². The van der Waals surface area contributed by atoms with E-state index in [1.807, 2.05) is 0 Å². The van der Waals surface area contributed by atoms with Crippen LogP contribution in [0.25, 0.3) is 0 Å². The molecule has 0 amide bonds. The second-order valence-electron chi connectivity index (χ2n) is 5.58. The lowest BCUT2D eigenvalue weighted by atomic mass is 9.77. The molecule has 1 aliphatic rings. The summed E-state index contributed by atoms with van der Waals surface area (Å²) in [7, 11) is 0. The summed E-state index contributed by atoms with van der Waals surface area (Å²) >= 11 is 0. The minimum absolute atomic E-state index is 0.0271. The molecule has 1 aliphatic carbocycles. The Morgan fingerprint density at radius 3 is 1.47 bits per heavy atom. The van der Waals surface area contributed by atoms with Crippen LogP contribution in [0.4, 0.5) is 0 Å². The highest BCUT2D eigenvalue weighted by molar-refractivity contribution is 6.45. The van der Waals surface area contributed by atoms with Gasteiger partial charge < -0.3 is 11.7 Å². The highest BCUT2D eigenvalue weighted by Gasteiger charge is 2.39. The minimum atomic E-state index is -0.0271. The largest absolute Gasteiger partial charge is 0.323 e. The molecule has 0 spiro atoms. The predicted octanol–water partition coefficient (Wildman–Crippen LogP) is 1.85. The average molecular weight is 210 g/mol. The lowest BCUT2D eigenvalue weighted by molar-refractivity contribution is 0.411. The molecule has 4 N–H and O–H groups in total. The number of hydrazone groups is 2. The lowest BCUT2D eigenvalue weighted by Crippen LogP contribution is -2.38. The molecule has 4 heteroatoms. The Labute approximate surface area is 91.8 Å². The molecule has 0 aliphatic heterocycles. The summed E-state index contributed by atoms with van der Waals surface area (Å²) in [6.07, 6.45) is 3.30. The molecule has 86 valence electrons. The Morgan fingerprint density at radius 2 is 1.20 bits per heavy atom. The first-order valence-corrected chi connectivity index (χ1v) is 5.42. The van der Waals surface area contributed by atoms with Gasteiger partial charge in [0.25, 0.3) is 0 Å². The van der Waals surface area contributed by atoms with Crippen LogP contribution >= 0.6 is 0 Å². The summed E-state index contributed by atoms with van der Waals surface area (Å²) in [6.45, 7) is 8.58. The van der Waals surface area contributed by atoms with Crippen LogP contribution in [-0.4, -0.2) is 11.4 Å². The van der Waals surface area contributed by atoms with E-state index in [1.54, 1.807) is 0 Å². The van der Waals surface area contributed by atoms with Crippen molar-refractivity contribution in [1.82, 2.24) is 0 Å². The van der Waals surface area contributed by atoms with E-state index >= 15 is 0 Å². The van der Waals surface area contributed by atoms with Gasteiger partial charge in [0.2, 0.25) is 0 Å². The van der Waals surface area contributed by atoms with Crippen molar-refractivity contribution in [3.05, 3.63) is 0 Å². The molecule has 0 aromatic rings. The molecule has 0 aromatic heterocycles. The maximum Gasteiger partial charge on any atom is 0.0894 e. The molecule has 1 saturated carbocycles. The van der Waals surface area contributed by atoms with Crippen molar-refractivity contribution in [3.8, 4) is 0 Å². The number of rotatable bonds is 0. The summed E-state index contributed by atoms with van der Waals surface area (Å²) in [5, 5.41) is 7.83. The molecule has 0 atom stereocenters. The van der Waals surface area contributed by atoms with E-state index < -0.39 is 0 Å². The predicted molar refractivity (Wildman–Crippen MR) is 64.7 cm³/mol. The maximum atomic E-state index is 5.49. The van der Waals surface area contributed by atoms with Crippen LogP contribution in [0.5, 0.6) is 0 Å². The molecule has 0 aromatic carbocycles. The van der Waals surface area contributed by atoms with E-state index in [4.69, 9.17) is 11.7 Å². The van der Waals surface area contributed by atoms with E-state index in [9.17, 15) is 0 Å². The quantitative estimate of drug-likeness (QED) is 0.363. The fourth-order valence-electron chi connectivity index (χ4n) is 2.32. The molecule has 4 nitrogen and oxygen atoms in total. The molecule has 0 unspecified atom stereocenters. The van der Waals surface area contributed by atoms with Gasteiger partial charge in [-0.05, 0) is 12.8 Å². The molecule has 0 radical (unpaired) electrons. The Hall–Kier alpha value is -1.06. The Kier molecular flexibility index (Phi) is 3.07. The minimum Gasteiger partial charge on any atom is -0.323 e. The second-order valence-corrected chi connectivity index (χ2v) is 5.58. The zero-order valence-electron chi connectivity index (χ0n) is 10.2. The molecule has 15 heavy (non-hydrogen) atoms. The summed E-state index contributed by atoms with van der Waals surface area (Å²) < 4.78 is 0. The van der Waals surface area contributed by atoms with E-state index in [1.165, 1.54) is 0 Å². The third kappa shape index (κ3) is 2.13. The smallest absolute Gasteiger partial charge is 0.0894 e. The van der Waals surface area contributed by atoms with Crippen LogP contribution in [0.1, 0.15) is 47.0 Å². The van der Waals surface area contributed by atoms with Gasteiger partial charge in [0, 0.05) is 10.8 Å². The van der Waals surface area contributed by atoms with Gasteiger partial charge in [0.05, 0.1) is 11.4 Å². The fourth-order valence-corrected chi connectivity index (χ4v) is 2.32. The Balaban J connectivity index is 3.24. The molecule has 0 bridgehead atoms. The van der Waals surface area contributed by atoms with Crippen molar-refractivity contribution < 1.29 is 0 Å². The van der Waals surface area contributed by atoms with Gasteiger partial charge in [-0.15, -0.1) is 0 Å². The standard InChI is InChI=1S/C11H22N4/c1-10(2)6-5-7-11(3,4)9(15-13)8(10)14-12/h5-7,12-13H2,1-4H3/b14-8+,15-9+. The van der Waals surface area contributed by atoms with Gasteiger partial charge in [-0.25, -0.2) is 0 Å². The normalized spacial score (nSPS) is 30.4. The van der Waals surface area contributed by atoms with Gasteiger partial charge in [-0.1, -0.05) is 34.1 Å². The first-order chi connectivity index (χ1) is 6.85. The summed E-state index contributed by atoms with van der Waals surface area (Å²) in [6, 6.07) is 0. The van der Waals surface area contributed by atoms with Crippen molar-refractivity contribution in [2.75, 3.05) is 0 Å². The van der Waals surface area contributed by atoms with Gasteiger partial charge in [-0.2, -0.15) is 10.2 Å². The maximum absolute atomic E-state index is 5.49. The zero-order chi connectivity index (χ0) is 11.7. The number of nitrogens with zero attached hydrogens (tertiary/aromatic N) is 2. The summed E-state index contributed by atoms with van der Waals surface area (Å²) in [5.41, 5.74) is 1.65. The average Bonchev–Trinajstić information content (AvgIpc) is 2.19. The van der Waals surface area contributed by atoms with Crippen LogP contribution in [0.15, 0.2) is 10.2 Å². The van der Waals surface area contributed by atoms with E-state index in [0.29, 0.717) is 0 Å². The van der Waals surface area contributed by atoms with E-state index in [0.717, 1.165) is 30.7 Å². The zero-order valence-corrected chi connectivity index (χ0v) is 10.2. The Morgan fingerprint density at radius 1 is 0.867 bits per heavy atom. The van der Waals surface area contributed by atoms with Gasteiger partial charge >= 0.3 is 0 Å². The molecule has 0 heterocycles. The van der Waals surface area contributed by atoms with Gasteiger partial charge in [-0.3, -0.25) is 0 Å². The molecule has 1 rings (SSSR count). The second kappa shape index (κ2) is 3.83. The van der Waals surface area contributed by atoms with Crippen molar-refractivity contribution >= 4 is 11.4 Å². The number of nitrogens with two attached hydrogens (primary N) is 2. The highest BCUT2D eigenvalue weighted by atomic mass is 15.2. The van der Waals surface area contributed by atoms with E-state index in [2.05, 4.69) is 37.9 Å². The molecular formula is C11H22N4. The number of hydrogen-bond acceptors (Lipinski definition) is 4. The molecular weight excluding hydrogens is 188 g/mol. The monoisotopic (exact) mass is 210 g/mol. The van der Waals surface area contributed by atoms with Crippen LogP contribution < -0.4 is 11.7 Å². The van der Waals surface area contributed by atoms with Crippen molar-refractivity contribution in [2.24, 2.45) is 32.7 Å². The fraction of sp³-hybridized carbons (Fsp3) is 0.818. The third-order valence-corrected chi connectivity index (χ3v) is 3.37. The number of hydrogen-bond donors (Lipinski definition) is 2. The molecule has 0 saturated heterocycles. The highest BCUT2D eigenvalue weighted by Crippen LogP contribution is 2.38. The van der Waals surface area contributed by atoms with Crippen LogP contribution in [-0.2, 0) is 0 Å². The summed E-state index contributed by atoms with van der Waals surface area (Å²) in [5.74, 6) is 11.0. The van der Waals surface area contributed by atoms with Crippen LogP contribution in [0.3, 0.4) is 0 Å². The van der Waals surface area contributed by atoms with Gasteiger partial charge in [0.1, 0.15) is 0 Å². The first-order valence-electron chi connectivity index (χ1n) is 5.42. The van der Waals surface area contributed by atoms with Crippen molar-refractivity contribution in [1.29, 1.82) is 0 Å². The lowest BCUT2D eigenvalue weighted by Gasteiger charge is -2.28.